The van der Waals surface area contributed by atoms with Gasteiger partial charge >= 0.3 is 0 Å². The van der Waals surface area contributed by atoms with Gasteiger partial charge in [0.05, 0.1) is 6.10 Å². The standard InChI is InChI=1S/C17H34N4O2.HI/c1-6-16(22)21-11-9-14(12-21)20-17(18-5)19-10-8-15(13(3)4)23-7-2;/h13-15H,6-12H2,1-5H3,(H2,18,19,20);1H. The summed E-state index contributed by atoms with van der Waals surface area (Å²) in [6.07, 6.45) is 2.78. The van der Waals surface area contributed by atoms with Crippen LogP contribution in [0.15, 0.2) is 4.99 Å². The van der Waals surface area contributed by atoms with Gasteiger partial charge in [0.15, 0.2) is 5.96 Å². The van der Waals surface area contributed by atoms with Crippen LogP contribution in [-0.4, -0.2) is 62.2 Å². The quantitative estimate of drug-likeness (QED) is 0.336. The number of aliphatic imine (C=N–C) groups is 1. The predicted molar refractivity (Wildman–Crippen MR) is 110 cm³/mol. The second-order valence-corrected chi connectivity index (χ2v) is 6.35. The van der Waals surface area contributed by atoms with E-state index in [2.05, 4.69) is 29.5 Å². The zero-order chi connectivity index (χ0) is 17.2. The van der Waals surface area contributed by atoms with Crippen molar-refractivity contribution in [1.29, 1.82) is 0 Å². The third-order valence-corrected chi connectivity index (χ3v) is 4.25. The molecule has 1 amide bonds. The van der Waals surface area contributed by atoms with Gasteiger partial charge < -0.3 is 20.3 Å². The van der Waals surface area contributed by atoms with E-state index in [0.717, 1.165) is 45.0 Å². The molecule has 0 radical (unpaired) electrons. The molecule has 0 spiro atoms. The first-order chi connectivity index (χ1) is 11.0. The number of carbonyl (C=O) groups excluding carboxylic acids is 1. The first-order valence-corrected chi connectivity index (χ1v) is 8.88. The second-order valence-electron chi connectivity index (χ2n) is 6.35. The van der Waals surface area contributed by atoms with Crippen LogP contribution in [0.25, 0.3) is 0 Å². The number of nitrogens with one attached hydrogen (secondary N) is 2. The van der Waals surface area contributed by atoms with Crippen molar-refractivity contribution in [3.63, 3.8) is 0 Å². The normalized spacial score (nSPS) is 19.2. The molecule has 24 heavy (non-hydrogen) atoms. The maximum absolute atomic E-state index is 11.7. The minimum atomic E-state index is 0. The van der Waals surface area contributed by atoms with E-state index in [1.165, 1.54) is 0 Å². The molecule has 0 aliphatic carbocycles. The van der Waals surface area contributed by atoms with Crippen LogP contribution in [0.3, 0.4) is 0 Å². The van der Waals surface area contributed by atoms with Crippen molar-refractivity contribution in [2.45, 2.75) is 59.1 Å². The van der Waals surface area contributed by atoms with Crippen molar-refractivity contribution in [2.24, 2.45) is 10.9 Å². The van der Waals surface area contributed by atoms with Gasteiger partial charge in [-0.15, -0.1) is 24.0 Å². The molecule has 1 saturated heterocycles. The number of nitrogens with zero attached hydrogens (tertiary/aromatic N) is 2. The lowest BCUT2D eigenvalue weighted by Crippen LogP contribution is -2.45. The minimum Gasteiger partial charge on any atom is -0.378 e. The van der Waals surface area contributed by atoms with Crippen molar-refractivity contribution in [2.75, 3.05) is 33.3 Å². The van der Waals surface area contributed by atoms with E-state index in [0.29, 0.717) is 12.3 Å². The monoisotopic (exact) mass is 454 g/mol. The Morgan fingerprint density at radius 3 is 2.62 bits per heavy atom. The Morgan fingerprint density at radius 1 is 1.38 bits per heavy atom. The van der Waals surface area contributed by atoms with Gasteiger partial charge in [0, 0.05) is 45.8 Å². The fourth-order valence-corrected chi connectivity index (χ4v) is 2.87. The molecule has 1 aliphatic rings. The summed E-state index contributed by atoms with van der Waals surface area (Å²) >= 11 is 0. The van der Waals surface area contributed by atoms with Crippen LogP contribution in [-0.2, 0) is 9.53 Å². The summed E-state index contributed by atoms with van der Waals surface area (Å²) in [6, 6.07) is 0.282. The molecule has 0 aromatic rings. The maximum atomic E-state index is 11.7. The topological polar surface area (TPSA) is 66.0 Å². The van der Waals surface area contributed by atoms with Crippen LogP contribution in [0.5, 0.6) is 0 Å². The summed E-state index contributed by atoms with van der Waals surface area (Å²) in [4.78, 5) is 17.9. The molecule has 1 fully saturated rings. The molecule has 0 aromatic heterocycles. The first kappa shape index (κ1) is 23.4. The molecule has 142 valence electrons. The molecule has 1 rings (SSSR count). The van der Waals surface area contributed by atoms with Crippen molar-refractivity contribution in [3.8, 4) is 0 Å². The Morgan fingerprint density at radius 2 is 2.08 bits per heavy atom. The van der Waals surface area contributed by atoms with Crippen molar-refractivity contribution < 1.29 is 9.53 Å². The summed E-state index contributed by atoms with van der Waals surface area (Å²) in [5, 5.41) is 6.77. The smallest absolute Gasteiger partial charge is 0.222 e. The fraction of sp³-hybridized carbons (Fsp3) is 0.882. The predicted octanol–water partition coefficient (Wildman–Crippen LogP) is 2.23. The van der Waals surface area contributed by atoms with Gasteiger partial charge in [0.1, 0.15) is 0 Å². The van der Waals surface area contributed by atoms with Crippen LogP contribution in [0.1, 0.15) is 47.0 Å². The van der Waals surface area contributed by atoms with Gasteiger partial charge in [-0.1, -0.05) is 20.8 Å². The molecule has 0 bridgehead atoms. The van der Waals surface area contributed by atoms with Crippen LogP contribution >= 0.6 is 24.0 Å². The van der Waals surface area contributed by atoms with Gasteiger partial charge in [-0.25, -0.2) is 0 Å². The highest BCUT2D eigenvalue weighted by atomic mass is 127. The highest BCUT2D eigenvalue weighted by Crippen LogP contribution is 2.11. The summed E-state index contributed by atoms with van der Waals surface area (Å²) in [7, 11) is 1.78. The van der Waals surface area contributed by atoms with E-state index in [-0.39, 0.29) is 42.0 Å². The number of amides is 1. The molecule has 0 saturated carbocycles. The summed E-state index contributed by atoms with van der Waals surface area (Å²) < 4.78 is 5.76. The average molecular weight is 454 g/mol. The zero-order valence-corrected chi connectivity index (χ0v) is 18.1. The molecule has 2 unspecified atom stereocenters. The van der Waals surface area contributed by atoms with Crippen molar-refractivity contribution >= 4 is 35.8 Å². The highest BCUT2D eigenvalue weighted by molar-refractivity contribution is 14.0. The molecular weight excluding hydrogens is 419 g/mol. The summed E-state index contributed by atoms with van der Waals surface area (Å²) in [5.74, 6) is 1.55. The number of hydrogen-bond acceptors (Lipinski definition) is 3. The lowest BCUT2D eigenvalue weighted by atomic mass is 10.0. The highest BCUT2D eigenvalue weighted by Gasteiger charge is 2.25. The Balaban J connectivity index is 0.00000529. The molecule has 0 aromatic carbocycles. The molecule has 7 heteroatoms. The van der Waals surface area contributed by atoms with Gasteiger partial charge in [-0.2, -0.15) is 0 Å². The number of carbonyl (C=O) groups is 1. The fourth-order valence-electron chi connectivity index (χ4n) is 2.87. The number of rotatable bonds is 8. The number of likely N-dealkylation sites (tertiary alicyclic amines) is 1. The summed E-state index contributed by atoms with van der Waals surface area (Å²) in [6.45, 7) is 11.5. The number of guanidine groups is 1. The van der Waals surface area contributed by atoms with Crippen LogP contribution in [0, 0.1) is 5.92 Å². The Labute approximate surface area is 164 Å². The van der Waals surface area contributed by atoms with E-state index >= 15 is 0 Å². The van der Waals surface area contributed by atoms with Gasteiger partial charge in [0.25, 0.3) is 0 Å². The molecule has 2 N–H and O–H groups in total. The van der Waals surface area contributed by atoms with Gasteiger partial charge in [0.2, 0.25) is 5.91 Å². The minimum absolute atomic E-state index is 0. The third-order valence-electron chi connectivity index (χ3n) is 4.25. The van der Waals surface area contributed by atoms with Crippen LogP contribution < -0.4 is 10.6 Å². The van der Waals surface area contributed by atoms with Gasteiger partial charge in [-0.3, -0.25) is 9.79 Å². The number of hydrogen-bond donors (Lipinski definition) is 2. The van der Waals surface area contributed by atoms with E-state index in [9.17, 15) is 4.79 Å². The number of ether oxygens (including phenoxy) is 1. The molecule has 1 aliphatic heterocycles. The number of halogens is 1. The summed E-state index contributed by atoms with van der Waals surface area (Å²) in [5.41, 5.74) is 0. The average Bonchev–Trinajstić information content (AvgIpc) is 3.00. The van der Waals surface area contributed by atoms with Crippen molar-refractivity contribution in [1.82, 2.24) is 15.5 Å². The van der Waals surface area contributed by atoms with Crippen LogP contribution in [0.2, 0.25) is 0 Å². The second kappa shape index (κ2) is 12.7. The Kier molecular flexibility index (Phi) is 12.4. The van der Waals surface area contributed by atoms with E-state index in [4.69, 9.17) is 4.74 Å². The maximum Gasteiger partial charge on any atom is 0.222 e. The Bertz CT molecular complexity index is 391. The zero-order valence-electron chi connectivity index (χ0n) is 15.8. The first-order valence-electron chi connectivity index (χ1n) is 8.88. The molecule has 6 nitrogen and oxygen atoms in total. The Hall–Kier alpha value is -0.570. The van der Waals surface area contributed by atoms with E-state index in [1.54, 1.807) is 7.05 Å². The van der Waals surface area contributed by atoms with Crippen LogP contribution in [0.4, 0.5) is 0 Å². The third kappa shape index (κ3) is 8.00. The molecule has 2 atom stereocenters. The van der Waals surface area contributed by atoms with Crippen molar-refractivity contribution in [3.05, 3.63) is 0 Å². The van der Waals surface area contributed by atoms with E-state index in [1.807, 2.05) is 18.7 Å². The SMILES string of the molecule is CCOC(CCNC(=NC)NC1CCN(C(=O)CC)C1)C(C)C.I. The lowest BCUT2D eigenvalue weighted by molar-refractivity contribution is -0.129. The molecule has 1 heterocycles. The largest absolute Gasteiger partial charge is 0.378 e. The molecular formula is C17H35IN4O2. The lowest BCUT2D eigenvalue weighted by Gasteiger charge is -2.22. The van der Waals surface area contributed by atoms with Gasteiger partial charge in [-0.05, 0) is 25.7 Å². The van der Waals surface area contributed by atoms with E-state index < -0.39 is 0 Å².